The molecule has 29 heavy (non-hydrogen) atoms. The molecular weight excluding hydrogens is 394 g/mol. The van der Waals surface area contributed by atoms with Gasteiger partial charge < -0.3 is 14.5 Å². The maximum atomic E-state index is 12.6. The summed E-state index contributed by atoms with van der Waals surface area (Å²) in [5, 5.41) is 4.97. The Balaban J connectivity index is 1.79. The molecule has 9 heteroatoms. The monoisotopic (exact) mass is 429 g/mol. The fourth-order valence-electron chi connectivity index (χ4n) is 5.95. The topological polar surface area (TPSA) is 110 Å². The highest BCUT2D eigenvalue weighted by molar-refractivity contribution is 7.89. The number of primary sulfonamides is 1. The Morgan fingerprint density at radius 1 is 1.07 bits per heavy atom. The Bertz CT molecular complexity index is 728. The molecule has 3 fully saturated rings. The lowest BCUT2D eigenvalue weighted by Crippen LogP contribution is -2.67. The Kier molecular flexibility index (Phi) is 6.77. The first-order valence-corrected chi connectivity index (χ1v) is 12.5. The van der Waals surface area contributed by atoms with Gasteiger partial charge in [0.05, 0.1) is 23.9 Å². The average Bonchev–Trinajstić information content (AvgIpc) is 2.66. The van der Waals surface area contributed by atoms with Gasteiger partial charge in [-0.1, -0.05) is 12.8 Å². The molecule has 8 nitrogen and oxygen atoms in total. The van der Waals surface area contributed by atoms with E-state index in [1.54, 1.807) is 13.8 Å². The van der Waals surface area contributed by atoms with Gasteiger partial charge in [-0.15, -0.1) is 0 Å². The average molecular weight is 430 g/mol. The summed E-state index contributed by atoms with van der Waals surface area (Å²) in [6.45, 7) is 6.16. The van der Waals surface area contributed by atoms with Crippen molar-refractivity contribution < 1.29 is 22.7 Å². The van der Waals surface area contributed by atoms with Gasteiger partial charge in [-0.2, -0.15) is 0 Å². The van der Waals surface area contributed by atoms with Crippen molar-refractivity contribution in [1.29, 1.82) is 0 Å². The van der Waals surface area contributed by atoms with E-state index in [9.17, 15) is 18.0 Å². The predicted molar refractivity (Wildman–Crippen MR) is 109 cm³/mol. The summed E-state index contributed by atoms with van der Waals surface area (Å²) in [5.74, 6) is 0.670. The Labute approximate surface area is 174 Å². The highest BCUT2D eigenvalue weighted by Crippen LogP contribution is 2.43. The molecule has 0 aromatic carbocycles. The third-order valence-corrected chi connectivity index (χ3v) is 8.54. The number of nitrogens with zero attached hydrogens (tertiary/aromatic N) is 2. The summed E-state index contributed by atoms with van der Waals surface area (Å²) in [6, 6.07) is -0.131. The van der Waals surface area contributed by atoms with Gasteiger partial charge in [-0.25, -0.2) is 18.4 Å². The molecule has 1 heterocycles. The van der Waals surface area contributed by atoms with Gasteiger partial charge >= 0.3 is 6.09 Å². The highest BCUT2D eigenvalue weighted by atomic mass is 32.2. The number of piperazine rings is 1. The lowest BCUT2D eigenvalue weighted by atomic mass is 9.69. The van der Waals surface area contributed by atoms with Crippen molar-refractivity contribution in [1.82, 2.24) is 9.80 Å². The molecule has 3 aliphatic rings. The summed E-state index contributed by atoms with van der Waals surface area (Å²) in [5.41, 5.74) is 0. The number of hydrogen-bond donors (Lipinski definition) is 1. The molecule has 0 radical (unpaired) electrons. The Morgan fingerprint density at radius 3 is 2.38 bits per heavy atom. The van der Waals surface area contributed by atoms with E-state index in [1.807, 2.05) is 16.7 Å². The SMILES string of the molecule is CCOC(=O)N1C[C@H](C)N(C(C)=O)C2CCC(C3CCCC(S(N)(=O)=O)C3)CC21. The van der Waals surface area contributed by atoms with E-state index in [0.29, 0.717) is 37.8 Å². The molecule has 0 spiro atoms. The van der Waals surface area contributed by atoms with Gasteiger partial charge in [0, 0.05) is 19.5 Å². The van der Waals surface area contributed by atoms with E-state index in [4.69, 9.17) is 9.88 Å². The quantitative estimate of drug-likeness (QED) is 0.738. The molecule has 166 valence electrons. The molecule has 0 bridgehead atoms. The molecule has 1 saturated heterocycles. The van der Waals surface area contributed by atoms with Crippen molar-refractivity contribution in [3.8, 4) is 0 Å². The van der Waals surface area contributed by atoms with Crippen LogP contribution in [0.4, 0.5) is 4.79 Å². The number of nitrogens with two attached hydrogens (primary N) is 1. The van der Waals surface area contributed by atoms with Crippen molar-refractivity contribution in [3.05, 3.63) is 0 Å². The molecule has 1 aliphatic heterocycles. The van der Waals surface area contributed by atoms with Crippen LogP contribution in [0, 0.1) is 11.8 Å². The van der Waals surface area contributed by atoms with Crippen LogP contribution in [0.5, 0.6) is 0 Å². The first-order chi connectivity index (χ1) is 13.6. The molecular formula is C20H35N3O5S. The molecule has 2 saturated carbocycles. The first kappa shape index (κ1) is 22.3. The second kappa shape index (κ2) is 8.79. The zero-order valence-electron chi connectivity index (χ0n) is 17.7. The molecule has 3 rings (SSSR count). The maximum Gasteiger partial charge on any atom is 0.410 e. The van der Waals surface area contributed by atoms with Gasteiger partial charge in [0.15, 0.2) is 0 Å². The van der Waals surface area contributed by atoms with E-state index in [0.717, 1.165) is 32.1 Å². The van der Waals surface area contributed by atoms with Crippen LogP contribution in [0.1, 0.15) is 65.7 Å². The van der Waals surface area contributed by atoms with E-state index < -0.39 is 15.3 Å². The first-order valence-electron chi connectivity index (χ1n) is 10.9. The molecule has 2 aliphatic carbocycles. The number of fused-ring (bicyclic) bond motifs is 1. The summed E-state index contributed by atoms with van der Waals surface area (Å²) in [4.78, 5) is 28.7. The standard InChI is InChI=1S/C20H35N3O5S/c1-4-28-20(25)22-12-13(2)23(14(3)24)18-9-8-16(11-19(18)22)15-6-5-7-17(10-15)29(21,26)27/h13,15-19H,4-12H2,1-3H3,(H2,21,26,27)/t13-,15?,16?,17?,18?,19?/m0/s1. The van der Waals surface area contributed by atoms with Crippen LogP contribution in [0.3, 0.4) is 0 Å². The predicted octanol–water partition coefficient (Wildman–Crippen LogP) is 2.08. The third kappa shape index (κ3) is 4.71. The van der Waals surface area contributed by atoms with E-state index in [2.05, 4.69) is 0 Å². The van der Waals surface area contributed by atoms with E-state index in [1.165, 1.54) is 0 Å². The summed E-state index contributed by atoms with van der Waals surface area (Å²) in [7, 11) is -3.52. The number of carbonyl (C=O) groups is 2. The smallest absolute Gasteiger partial charge is 0.410 e. The van der Waals surface area contributed by atoms with Gasteiger partial charge in [0.1, 0.15) is 0 Å². The molecule has 0 aromatic heterocycles. The fourth-order valence-corrected chi connectivity index (χ4v) is 6.96. The largest absolute Gasteiger partial charge is 0.450 e. The van der Waals surface area contributed by atoms with Gasteiger partial charge in [0.2, 0.25) is 15.9 Å². The zero-order chi connectivity index (χ0) is 21.3. The van der Waals surface area contributed by atoms with Gasteiger partial charge in [-0.05, 0) is 57.8 Å². The van der Waals surface area contributed by atoms with Crippen molar-refractivity contribution in [2.75, 3.05) is 13.2 Å². The lowest BCUT2D eigenvalue weighted by molar-refractivity contribution is -0.142. The van der Waals surface area contributed by atoms with Crippen molar-refractivity contribution in [2.24, 2.45) is 17.0 Å². The summed E-state index contributed by atoms with van der Waals surface area (Å²) in [6.07, 6.45) is 5.34. The van der Waals surface area contributed by atoms with Crippen LogP contribution in [0.15, 0.2) is 0 Å². The third-order valence-electron chi connectivity index (χ3n) is 7.18. The van der Waals surface area contributed by atoms with Crippen LogP contribution in [0.25, 0.3) is 0 Å². The van der Waals surface area contributed by atoms with Gasteiger partial charge in [0.25, 0.3) is 0 Å². The molecule has 6 atom stereocenters. The number of sulfonamides is 1. The Hall–Kier alpha value is -1.35. The Morgan fingerprint density at radius 2 is 1.76 bits per heavy atom. The van der Waals surface area contributed by atoms with Crippen LogP contribution in [-0.4, -0.2) is 66.7 Å². The van der Waals surface area contributed by atoms with E-state index >= 15 is 0 Å². The van der Waals surface area contributed by atoms with Crippen LogP contribution < -0.4 is 5.14 Å². The normalized spacial score (nSPS) is 35.7. The lowest BCUT2D eigenvalue weighted by Gasteiger charge is -2.54. The molecule has 2 N–H and O–H groups in total. The van der Waals surface area contributed by atoms with Crippen LogP contribution in [-0.2, 0) is 19.6 Å². The summed E-state index contributed by atoms with van der Waals surface area (Å²) >= 11 is 0. The number of ether oxygens (including phenoxy) is 1. The van der Waals surface area contributed by atoms with E-state index in [-0.39, 0.29) is 30.1 Å². The highest BCUT2D eigenvalue weighted by Gasteiger charge is 2.48. The molecule has 2 amide bonds. The number of carbonyl (C=O) groups excluding carboxylic acids is 2. The van der Waals surface area contributed by atoms with Crippen molar-refractivity contribution in [2.45, 2.75) is 89.1 Å². The number of hydrogen-bond acceptors (Lipinski definition) is 5. The molecule has 5 unspecified atom stereocenters. The minimum absolute atomic E-state index is 0.00506. The minimum Gasteiger partial charge on any atom is -0.450 e. The maximum absolute atomic E-state index is 12.6. The van der Waals surface area contributed by atoms with Crippen LogP contribution in [0.2, 0.25) is 0 Å². The second-order valence-corrected chi connectivity index (χ2v) is 10.8. The number of rotatable bonds is 3. The minimum atomic E-state index is -3.52. The summed E-state index contributed by atoms with van der Waals surface area (Å²) < 4.78 is 29.1. The van der Waals surface area contributed by atoms with Crippen molar-refractivity contribution in [3.63, 3.8) is 0 Å². The van der Waals surface area contributed by atoms with Crippen LogP contribution >= 0.6 is 0 Å². The van der Waals surface area contributed by atoms with Crippen molar-refractivity contribution >= 4 is 22.0 Å². The zero-order valence-corrected chi connectivity index (χ0v) is 18.6. The second-order valence-electron chi connectivity index (χ2n) is 8.97. The van der Waals surface area contributed by atoms with Gasteiger partial charge in [-0.3, -0.25) is 4.79 Å². The number of amides is 2. The fraction of sp³-hybridized carbons (Fsp3) is 0.900. The molecule has 0 aromatic rings.